The third-order valence-electron chi connectivity index (χ3n) is 4.36. The van der Waals surface area contributed by atoms with E-state index in [9.17, 15) is 9.59 Å². The van der Waals surface area contributed by atoms with Gasteiger partial charge >= 0.3 is 0 Å². The summed E-state index contributed by atoms with van der Waals surface area (Å²) in [5, 5.41) is 0. The van der Waals surface area contributed by atoms with Crippen LogP contribution in [0.5, 0.6) is 5.75 Å². The predicted octanol–water partition coefficient (Wildman–Crippen LogP) is 2.65. The van der Waals surface area contributed by atoms with Crippen LogP contribution in [0.25, 0.3) is 12.2 Å². The molecule has 6 heteroatoms. The molecule has 0 atom stereocenters. The molecule has 5 nitrogen and oxygen atoms in total. The number of carbonyl (C=O) groups is 1. The molecule has 0 bridgehead atoms. The van der Waals surface area contributed by atoms with Gasteiger partial charge in [0.05, 0.1) is 10.2 Å². The van der Waals surface area contributed by atoms with Crippen molar-refractivity contribution in [1.82, 2.24) is 9.55 Å². The van der Waals surface area contributed by atoms with Crippen molar-refractivity contribution in [3.8, 4) is 5.75 Å². The van der Waals surface area contributed by atoms with Crippen LogP contribution in [-0.2, 0) is 18.4 Å². The lowest BCUT2D eigenvalue weighted by Gasteiger charge is -2.12. The van der Waals surface area contributed by atoms with E-state index in [2.05, 4.69) is 4.98 Å². The first kappa shape index (κ1) is 20.7. The van der Waals surface area contributed by atoms with E-state index in [1.807, 2.05) is 63.2 Å². The van der Waals surface area contributed by atoms with Crippen LogP contribution >= 0.6 is 11.3 Å². The lowest BCUT2D eigenvalue weighted by atomic mass is 9.91. The van der Waals surface area contributed by atoms with Gasteiger partial charge in [-0.15, -0.1) is 11.3 Å². The van der Waals surface area contributed by atoms with Gasteiger partial charge in [-0.25, -0.2) is 0 Å². The average molecular weight is 409 g/mol. The zero-order valence-electron chi connectivity index (χ0n) is 17.0. The van der Waals surface area contributed by atoms with E-state index < -0.39 is 5.41 Å². The number of hydrogen-bond acceptors (Lipinski definition) is 5. The van der Waals surface area contributed by atoms with Crippen LogP contribution in [0.15, 0.2) is 53.5 Å². The number of thiazole rings is 1. The van der Waals surface area contributed by atoms with Crippen LogP contribution in [0.2, 0.25) is 0 Å². The highest BCUT2D eigenvalue weighted by Crippen LogP contribution is 2.19. The fourth-order valence-electron chi connectivity index (χ4n) is 2.54. The summed E-state index contributed by atoms with van der Waals surface area (Å²) < 4.78 is 8.62. The normalized spacial score (nSPS) is 13.0. The molecule has 2 aromatic heterocycles. The number of ketones is 1. The van der Waals surface area contributed by atoms with Gasteiger partial charge in [0.25, 0.3) is 5.56 Å². The Labute approximate surface area is 173 Å². The zero-order valence-corrected chi connectivity index (χ0v) is 17.8. The van der Waals surface area contributed by atoms with Crippen molar-refractivity contribution in [2.24, 2.45) is 12.5 Å². The molecule has 1 aromatic carbocycles. The number of hydrogen-bond donors (Lipinski definition) is 0. The summed E-state index contributed by atoms with van der Waals surface area (Å²) in [5.74, 6) is 0.657. The smallest absolute Gasteiger partial charge is 0.268 e. The molecular formula is C23H24N2O3S. The fraction of sp³-hybridized carbons (Fsp3) is 0.261. The second-order valence-electron chi connectivity index (χ2n) is 7.72. The minimum Gasteiger partial charge on any atom is -0.487 e. The Morgan fingerprint density at radius 3 is 2.59 bits per heavy atom. The van der Waals surface area contributed by atoms with Crippen LogP contribution in [0.1, 0.15) is 32.0 Å². The number of nitrogens with zero attached hydrogens (tertiary/aromatic N) is 2. The molecule has 0 spiro atoms. The molecule has 0 saturated heterocycles. The Morgan fingerprint density at radius 2 is 1.90 bits per heavy atom. The maximum Gasteiger partial charge on any atom is 0.268 e. The minimum absolute atomic E-state index is 0.0139. The maximum atomic E-state index is 12.7. The van der Waals surface area contributed by atoms with Crippen LogP contribution < -0.4 is 19.5 Å². The van der Waals surface area contributed by atoms with Gasteiger partial charge in [0.1, 0.15) is 17.0 Å². The summed E-state index contributed by atoms with van der Waals surface area (Å²) in [6.45, 7) is 5.92. The number of carbonyl (C=O) groups excluding carboxylic acids is 1. The first-order valence-electron chi connectivity index (χ1n) is 9.31. The molecule has 0 saturated carbocycles. The molecule has 2 heterocycles. The monoisotopic (exact) mass is 408 g/mol. The molecule has 3 aromatic rings. The van der Waals surface area contributed by atoms with Crippen LogP contribution in [-0.4, -0.2) is 15.3 Å². The topological polar surface area (TPSA) is 61.2 Å². The average Bonchev–Trinajstić information content (AvgIpc) is 2.95. The Hall–Kier alpha value is -2.99. The van der Waals surface area contributed by atoms with Gasteiger partial charge in [0, 0.05) is 30.3 Å². The summed E-state index contributed by atoms with van der Waals surface area (Å²) >= 11 is 1.30. The summed E-state index contributed by atoms with van der Waals surface area (Å²) in [4.78, 5) is 29.3. The van der Waals surface area contributed by atoms with Crippen molar-refractivity contribution < 1.29 is 9.53 Å². The van der Waals surface area contributed by atoms with E-state index in [4.69, 9.17) is 4.74 Å². The van der Waals surface area contributed by atoms with Gasteiger partial charge < -0.3 is 9.30 Å². The Morgan fingerprint density at radius 1 is 1.17 bits per heavy atom. The van der Waals surface area contributed by atoms with Crippen molar-refractivity contribution in [3.63, 3.8) is 0 Å². The van der Waals surface area contributed by atoms with Crippen LogP contribution in [0.4, 0.5) is 0 Å². The molecule has 0 amide bonds. The second-order valence-corrected chi connectivity index (χ2v) is 8.78. The highest BCUT2D eigenvalue weighted by atomic mass is 32.1. The molecule has 0 N–H and O–H groups in total. The van der Waals surface area contributed by atoms with Crippen molar-refractivity contribution in [1.29, 1.82) is 0 Å². The third-order valence-corrected chi connectivity index (χ3v) is 5.47. The number of aromatic nitrogens is 2. The van der Waals surface area contributed by atoms with Crippen molar-refractivity contribution in [3.05, 3.63) is 79.5 Å². The van der Waals surface area contributed by atoms with E-state index in [1.54, 1.807) is 25.4 Å². The van der Waals surface area contributed by atoms with Crippen LogP contribution in [0.3, 0.4) is 0 Å². The molecule has 0 aliphatic rings. The first-order valence-corrected chi connectivity index (χ1v) is 10.1. The molecule has 0 aliphatic heterocycles. The maximum absolute atomic E-state index is 12.7. The van der Waals surface area contributed by atoms with E-state index in [0.717, 1.165) is 11.3 Å². The molecule has 3 rings (SSSR count). The highest BCUT2D eigenvalue weighted by molar-refractivity contribution is 7.07. The Kier molecular flexibility index (Phi) is 6.13. The van der Waals surface area contributed by atoms with E-state index >= 15 is 0 Å². The molecule has 0 aliphatic carbocycles. The second kappa shape index (κ2) is 8.57. The Balaban J connectivity index is 1.97. The quantitative estimate of drug-likeness (QED) is 0.651. The lowest BCUT2D eigenvalue weighted by molar-refractivity contribution is -0.120. The summed E-state index contributed by atoms with van der Waals surface area (Å²) in [5.41, 5.74) is 1.00. The van der Waals surface area contributed by atoms with Gasteiger partial charge in [-0.3, -0.25) is 14.6 Å². The number of rotatable bonds is 5. The Bertz CT molecular complexity index is 1190. The molecule has 0 radical (unpaired) electrons. The standard InChI is InChI=1S/C23H24N2O3S/c1-23(2,3)20(26)14-21-25(4)22(27)19(29-21)13-16-9-5-6-11-18(16)28-15-17-10-7-8-12-24-17/h5-14H,15H2,1-4H3/b19-13+,21-14-. The predicted molar refractivity (Wildman–Crippen MR) is 116 cm³/mol. The molecule has 150 valence electrons. The van der Waals surface area contributed by atoms with Crippen molar-refractivity contribution >= 4 is 29.3 Å². The number of pyridine rings is 1. The molecule has 0 fully saturated rings. The number of benzene rings is 1. The van der Waals surface area contributed by atoms with Gasteiger partial charge in [-0.05, 0) is 24.3 Å². The van der Waals surface area contributed by atoms with E-state index in [0.29, 0.717) is 21.6 Å². The number of ether oxygens (including phenoxy) is 1. The summed E-state index contributed by atoms with van der Waals surface area (Å²) in [6.07, 6.45) is 5.08. The fourth-order valence-corrected chi connectivity index (χ4v) is 3.57. The lowest BCUT2D eigenvalue weighted by Crippen LogP contribution is -2.30. The van der Waals surface area contributed by atoms with Gasteiger partial charge in [-0.2, -0.15) is 0 Å². The largest absolute Gasteiger partial charge is 0.487 e. The SMILES string of the molecule is Cn1c(=O)/c(=C\c2ccccc2OCc2ccccn2)s/c1=C\C(=O)C(C)(C)C. The summed E-state index contributed by atoms with van der Waals surface area (Å²) in [7, 11) is 1.68. The number of para-hydroxylation sites is 1. The molecule has 0 unspecified atom stereocenters. The number of Topliss-reactive ketones (excluding diaryl/α,β-unsaturated/α-hetero) is 1. The van der Waals surface area contributed by atoms with Gasteiger partial charge in [0.15, 0.2) is 5.78 Å². The molecule has 29 heavy (non-hydrogen) atoms. The minimum atomic E-state index is -0.490. The van der Waals surface area contributed by atoms with Crippen molar-refractivity contribution in [2.45, 2.75) is 27.4 Å². The van der Waals surface area contributed by atoms with E-state index in [-0.39, 0.29) is 11.3 Å². The van der Waals surface area contributed by atoms with Crippen molar-refractivity contribution in [2.75, 3.05) is 0 Å². The first-order chi connectivity index (χ1) is 13.8. The van der Waals surface area contributed by atoms with E-state index in [1.165, 1.54) is 15.9 Å². The summed E-state index contributed by atoms with van der Waals surface area (Å²) in [6, 6.07) is 13.2. The van der Waals surface area contributed by atoms with Crippen LogP contribution in [0, 0.1) is 5.41 Å². The highest BCUT2D eigenvalue weighted by Gasteiger charge is 2.19. The zero-order chi connectivity index (χ0) is 21.0. The van der Waals surface area contributed by atoms with Gasteiger partial charge in [0.2, 0.25) is 0 Å². The third kappa shape index (κ3) is 5.09. The molecular weight excluding hydrogens is 384 g/mol. The van der Waals surface area contributed by atoms with Gasteiger partial charge in [-0.1, -0.05) is 45.0 Å².